The number of ketones is 1. The van der Waals surface area contributed by atoms with Crippen molar-refractivity contribution in [3.8, 4) is 5.75 Å². The lowest BCUT2D eigenvalue weighted by Gasteiger charge is -2.07. The van der Waals surface area contributed by atoms with Gasteiger partial charge in [-0.1, -0.05) is 6.92 Å². The molecule has 1 atom stereocenters. The molecular weight excluding hydrogens is 219 g/mol. The molecule has 0 radical (unpaired) electrons. The summed E-state index contributed by atoms with van der Waals surface area (Å²) in [5, 5.41) is -0.599. The van der Waals surface area contributed by atoms with Crippen LogP contribution in [0.5, 0.6) is 5.75 Å². The van der Waals surface area contributed by atoms with Gasteiger partial charge in [0.25, 0.3) is 0 Å². The van der Waals surface area contributed by atoms with Crippen LogP contribution in [-0.2, 0) is 0 Å². The Morgan fingerprint density at radius 3 is 2.73 bits per heavy atom. The van der Waals surface area contributed by atoms with E-state index in [4.69, 9.17) is 16.3 Å². The maximum Gasteiger partial charge on any atom is 0.180 e. The highest BCUT2D eigenvalue weighted by atomic mass is 35.5. The molecule has 15 heavy (non-hydrogen) atoms. The summed E-state index contributed by atoms with van der Waals surface area (Å²) in [6.07, 6.45) is 0.522. The number of alkyl halides is 1. The van der Waals surface area contributed by atoms with Crippen molar-refractivity contribution in [3.63, 3.8) is 0 Å². The molecule has 1 unspecified atom stereocenters. The second-order valence-corrected chi connectivity index (χ2v) is 3.62. The van der Waals surface area contributed by atoms with E-state index in [1.165, 1.54) is 19.2 Å². The molecule has 1 aromatic rings. The van der Waals surface area contributed by atoms with Crippen LogP contribution < -0.4 is 4.74 Å². The largest absolute Gasteiger partial charge is 0.494 e. The van der Waals surface area contributed by atoms with Crippen LogP contribution in [0.25, 0.3) is 0 Å². The zero-order valence-corrected chi connectivity index (χ0v) is 9.34. The van der Waals surface area contributed by atoms with E-state index in [1.807, 2.05) is 0 Å². The lowest BCUT2D eigenvalue weighted by molar-refractivity contribution is 0.0985. The Hall–Kier alpha value is -1.09. The summed E-state index contributed by atoms with van der Waals surface area (Å²) in [5.41, 5.74) is 0.273. The second-order valence-electron chi connectivity index (χ2n) is 3.09. The highest BCUT2D eigenvalue weighted by Crippen LogP contribution is 2.20. The fourth-order valence-electron chi connectivity index (χ4n) is 1.19. The number of carbonyl (C=O) groups is 1. The minimum Gasteiger partial charge on any atom is -0.494 e. The molecule has 0 saturated carbocycles. The molecule has 0 aliphatic heterocycles. The molecule has 1 aromatic carbocycles. The first kappa shape index (κ1) is 12.0. The molecule has 0 aliphatic carbocycles. The van der Waals surface area contributed by atoms with Crippen LogP contribution >= 0.6 is 11.6 Å². The molecule has 82 valence electrons. The molecule has 1 rings (SSSR count). The van der Waals surface area contributed by atoms with Crippen LogP contribution in [0.4, 0.5) is 4.39 Å². The van der Waals surface area contributed by atoms with Crippen molar-refractivity contribution in [3.05, 3.63) is 29.6 Å². The SMILES string of the molecule is CCC(Cl)C(=O)c1ccc(OC)c(F)c1. The average Bonchev–Trinajstić information content (AvgIpc) is 2.26. The molecule has 0 spiro atoms. The third-order valence-corrected chi connectivity index (χ3v) is 2.59. The minimum absolute atomic E-state index is 0.120. The molecule has 0 N–H and O–H groups in total. The van der Waals surface area contributed by atoms with Crippen LogP contribution in [0.3, 0.4) is 0 Å². The fraction of sp³-hybridized carbons (Fsp3) is 0.364. The Labute approximate surface area is 93.0 Å². The van der Waals surface area contributed by atoms with E-state index in [1.54, 1.807) is 6.92 Å². The molecule has 0 aliphatic rings. The van der Waals surface area contributed by atoms with Crippen molar-refractivity contribution in [2.24, 2.45) is 0 Å². The van der Waals surface area contributed by atoms with E-state index in [-0.39, 0.29) is 17.1 Å². The normalized spacial score (nSPS) is 12.3. The van der Waals surface area contributed by atoms with Gasteiger partial charge < -0.3 is 4.74 Å². The van der Waals surface area contributed by atoms with Crippen molar-refractivity contribution in [2.45, 2.75) is 18.7 Å². The van der Waals surface area contributed by atoms with Crippen molar-refractivity contribution in [1.82, 2.24) is 0 Å². The minimum atomic E-state index is -0.599. The molecule has 0 bridgehead atoms. The summed E-state index contributed by atoms with van der Waals surface area (Å²) in [7, 11) is 1.37. The number of Topliss-reactive ketones (excluding diaryl/α,β-unsaturated/α-hetero) is 1. The number of benzene rings is 1. The summed E-state index contributed by atoms with van der Waals surface area (Å²) in [6, 6.07) is 4.07. The predicted octanol–water partition coefficient (Wildman–Crippen LogP) is 3.03. The van der Waals surface area contributed by atoms with Gasteiger partial charge in [-0.15, -0.1) is 11.6 Å². The third kappa shape index (κ3) is 2.69. The highest BCUT2D eigenvalue weighted by Gasteiger charge is 2.16. The lowest BCUT2D eigenvalue weighted by atomic mass is 10.1. The number of halogens is 2. The van der Waals surface area contributed by atoms with Crippen molar-refractivity contribution < 1.29 is 13.9 Å². The fourth-order valence-corrected chi connectivity index (χ4v) is 1.31. The quantitative estimate of drug-likeness (QED) is 0.587. The third-order valence-electron chi connectivity index (χ3n) is 2.08. The topological polar surface area (TPSA) is 26.3 Å². The zero-order valence-electron chi connectivity index (χ0n) is 8.59. The van der Waals surface area contributed by atoms with Crippen molar-refractivity contribution in [1.29, 1.82) is 0 Å². The van der Waals surface area contributed by atoms with E-state index in [0.29, 0.717) is 6.42 Å². The summed E-state index contributed by atoms with van der Waals surface area (Å²) >= 11 is 5.77. The van der Waals surface area contributed by atoms with Crippen LogP contribution in [0.2, 0.25) is 0 Å². The summed E-state index contributed by atoms with van der Waals surface area (Å²) in [4.78, 5) is 11.6. The monoisotopic (exact) mass is 230 g/mol. The Morgan fingerprint density at radius 1 is 1.60 bits per heavy atom. The highest BCUT2D eigenvalue weighted by molar-refractivity contribution is 6.33. The number of methoxy groups -OCH3 is 1. The van der Waals surface area contributed by atoms with Gasteiger partial charge in [0.1, 0.15) is 0 Å². The molecule has 0 amide bonds. The number of hydrogen-bond donors (Lipinski definition) is 0. The molecular formula is C11H12ClFO2. The number of ether oxygens (including phenoxy) is 1. The predicted molar refractivity (Wildman–Crippen MR) is 57.2 cm³/mol. The molecule has 0 fully saturated rings. The second kappa shape index (κ2) is 5.12. The first-order valence-corrected chi connectivity index (χ1v) is 5.05. The van der Waals surface area contributed by atoms with Crippen molar-refractivity contribution in [2.75, 3.05) is 7.11 Å². The van der Waals surface area contributed by atoms with Gasteiger partial charge in [-0.25, -0.2) is 4.39 Å². The van der Waals surface area contributed by atoms with Gasteiger partial charge >= 0.3 is 0 Å². The van der Waals surface area contributed by atoms with Gasteiger partial charge in [-0.2, -0.15) is 0 Å². The zero-order chi connectivity index (χ0) is 11.4. The standard InChI is InChI=1S/C11H12ClFO2/c1-3-8(12)11(14)7-4-5-10(15-2)9(13)6-7/h4-6,8H,3H2,1-2H3. The van der Waals surface area contributed by atoms with E-state index < -0.39 is 11.2 Å². The lowest BCUT2D eigenvalue weighted by Crippen LogP contribution is -2.13. The summed E-state index contributed by atoms with van der Waals surface area (Å²) in [6.45, 7) is 1.80. The van der Waals surface area contributed by atoms with Gasteiger partial charge in [0.2, 0.25) is 0 Å². The van der Waals surface area contributed by atoms with Gasteiger partial charge in [0.15, 0.2) is 17.3 Å². The Bertz CT molecular complexity index is 366. The Morgan fingerprint density at radius 2 is 2.27 bits per heavy atom. The maximum atomic E-state index is 13.3. The van der Waals surface area contributed by atoms with Gasteiger partial charge in [0, 0.05) is 5.56 Å². The number of rotatable bonds is 4. The van der Waals surface area contributed by atoms with E-state index in [0.717, 1.165) is 6.07 Å². The summed E-state index contributed by atoms with van der Waals surface area (Å²) < 4.78 is 18.0. The Balaban J connectivity index is 2.97. The van der Waals surface area contributed by atoms with Crippen LogP contribution in [0.15, 0.2) is 18.2 Å². The van der Waals surface area contributed by atoms with Gasteiger partial charge in [0.05, 0.1) is 12.5 Å². The molecule has 0 aromatic heterocycles. The smallest absolute Gasteiger partial charge is 0.180 e. The average molecular weight is 231 g/mol. The maximum absolute atomic E-state index is 13.3. The summed E-state index contributed by atoms with van der Waals surface area (Å²) in [5.74, 6) is -0.696. The van der Waals surface area contributed by atoms with Crippen LogP contribution in [0.1, 0.15) is 23.7 Å². The van der Waals surface area contributed by atoms with Gasteiger partial charge in [-0.05, 0) is 24.6 Å². The molecule has 2 nitrogen and oxygen atoms in total. The molecule has 0 heterocycles. The first-order valence-electron chi connectivity index (χ1n) is 4.62. The van der Waals surface area contributed by atoms with E-state index in [9.17, 15) is 9.18 Å². The molecule has 4 heteroatoms. The van der Waals surface area contributed by atoms with E-state index in [2.05, 4.69) is 0 Å². The van der Waals surface area contributed by atoms with E-state index >= 15 is 0 Å². The van der Waals surface area contributed by atoms with Crippen molar-refractivity contribution >= 4 is 17.4 Å². The first-order chi connectivity index (χ1) is 7.10. The van der Waals surface area contributed by atoms with Crippen LogP contribution in [-0.4, -0.2) is 18.3 Å². The Kier molecular flexibility index (Phi) is 4.09. The van der Waals surface area contributed by atoms with Gasteiger partial charge in [-0.3, -0.25) is 4.79 Å². The number of carbonyl (C=O) groups excluding carboxylic acids is 1. The van der Waals surface area contributed by atoms with Crippen LogP contribution in [0, 0.1) is 5.82 Å². The number of hydrogen-bond acceptors (Lipinski definition) is 2. The molecule has 0 saturated heterocycles.